The molecule has 0 aliphatic rings. The second kappa shape index (κ2) is 10.2. The lowest BCUT2D eigenvalue weighted by atomic mass is 10.1. The van der Waals surface area contributed by atoms with Gasteiger partial charge in [-0.2, -0.15) is 0 Å². The predicted octanol–water partition coefficient (Wildman–Crippen LogP) is -0.138. The van der Waals surface area contributed by atoms with E-state index in [-0.39, 0.29) is 17.7 Å². The number of nitrogens with one attached hydrogen (secondary N) is 3. The van der Waals surface area contributed by atoms with Crippen molar-refractivity contribution in [2.45, 2.75) is 59.7 Å². The molecule has 0 saturated carbocycles. The van der Waals surface area contributed by atoms with Crippen molar-refractivity contribution < 1.29 is 14.4 Å². The lowest BCUT2D eigenvalue weighted by molar-refractivity contribution is -0.137. The second-order valence-electron chi connectivity index (χ2n) is 5.16. The molecule has 128 valence electrons. The van der Waals surface area contributed by atoms with Crippen molar-refractivity contribution in [3.8, 4) is 0 Å². The first kappa shape index (κ1) is 20.4. The van der Waals surface area contributed by atoms with Gasteiger partial charge < -0.3 is 16.0 Å². The molecule has 7 heteroatoms. The summed E-state index contributed by atoms with van der Waals surface area (Å²) in [7, 11) is 0. The fourth-order valence-corrected chi connectivity index (χ4v) is 2.38. The van der Waals surface area contributed by atoms with Gasteiger partial charge in [-0.15, -0.1) is 0 Å². The van der Waals surface area contributed by atoms with Gasteiger partial charge in [0.05, 0.1) is 18.1 Å². The predicted molar refractivity (Wildman–Crippen MR) is 86.3 cm³/mol. The molecule has 0 aliphatic heterocycles. The monoisotopic (exact) mass is 314 g/mol. The van der Waals surface area contributed by atoms with Crippen molar-refractivity contribution in [3.63, 3.8) is 0 Å². The summed E-state index contributed by atoms with van der Waals surface area (Å²) in [6, 6.07) is -1.76. The molecule has 22 heavy (non-hydrogen) atoms. The van der Waals surface area contributed by atoms with Crippen LogP contribution in [0.15, 0.2) is 0 Å². The molecule has 3 amide bonds. The first-order valence-electron chi connectivity index (χ1n) is 7.92. The van der Waals surface area contributed by atoms with Crippen LogP contribution >= 0.6 is 0 Å². The molecule has 0 aromatic heterocycles. The third-order valence-corrected chi connectivity index (χ3v) is 3.53. The van der Waals surface area contributed by atoms with Gasteiger partial charge in [-0.1, -0.05) is 0 Å². The topological polar surface area (TPSA) is 90.5 Å². The fraction of sp³-hybridized carbons (Fsp3) is 0.800. The van der Waals surface area contributed by atoms with Crippen LogP contribution in [-0.4, -0.2) is 60.4 Å². The Labute approximate surface area is 133 Å². The van der Waals surface area contributed by atoms with E-state index in [9.17, 15) is 14.4 Å². The first-order valence-corrected chi connectivity index (χ1v) is 7.92. The summed E-state index contributed by atoms with van der Waals surface area (Å²) in [6.45, 7) is 12.1. The Morgan fingerprint density at radius 1 is 0.682 bits per heavy atom. The second-order valence-corrected chi connectivity index (χ2v) is 5.16. The van der Waals surface area contributed by atoms with Crippen molar-refractivity contribution >= 4 is 17.7 Å². The molecule has 0 spiro atoms. The van der Waals surface area contributed by atoms with Crippen LogP contribution in [0.4, 0.5) is 0 Å². The minimum atomic E-state index is -0.588. The van der Waals surface area contributed by atoms with Crippen LogP contribution in [0.5, 0.6) is 0 Å². The molecular formula is C15H30N4O3. The maximum Gasteiger partial charge on any atom is 0.237 e. The molecule has 0 aromatic rings. The lowest BCUT2D eigenvalue weighted by Crippen LogP contribution is -2.60. The normalized spacial score (nSPS) is 14.9. The maximum absolute atomic E-state index is 12.1. The quantitative estimate of drug-likeness (QED) is 0.552. The highest BCUT2D eigenvalue weighted by molar-refractivity contribution is 5.88. The number of hydrogen-bond acceptors (Lipinski definition) is 4. The summed E-state index contributed by atoms with van der Waals surface area (Å²) in [5.74, 6) is -0.598. The van der Waals surface area contributed by atoms with Gasteiger partial charge in [0, 0.05) is 19.6 Å². The van der Waals surface area contributed by atoms with Crippen molar-refractivity contribution in [2.75, 3.05) is 19.6 Å². The van der Waals surface area contributed by atoms with Crippen LogP contribution < -0.4 is 16.0 Å². The number of rotatable bonds is 9. The van der Waals surface area contributed by atoms with E-state index in [0.717, 1.165) is 0 Å². The molecule has 0 radical (unpaired) electrons. The third kappa shape index (κ3) is 5.63. The zero-order valence-corrected chi connectivity index (χ0v) is 14.5. The average molecular weight is 314 g/mol. The van der Waals surface area contributed by atoms with E-state index in [0.29, 0.717) is 19.6 Å². The van der Waals surface area contributed by atoms with Gasteiger partial charge in [0.15, 0.2) is 0 Å². The number of amides is 3. The molecule has 0 saturated heterocycles. The Morgan fingerprint density at radius 3 is 1.09 bits per heavy atom. The molecular weight excluding hydrogens is 284 g/mol. The van der Waals surface area contributed by atoms with E-state index in [4.69, 9.17) is 0 Å². The van der Waals surface area contributed by atoms with Crippen LogP contribution in [0.3, 0.4) is 0 Å². The van der Waals surface area contributed by atoms with E-state index >= 15 is 0 Å². The Kier molecular flexibility index (Phi) is 9.40. The zero-order chi connectivity index (χ0) is 17.3. The molecule has 0 heterocycles. The molecule has 0 rings (SSSR count). The number of likely N-dealkylation sites (N-methyl/N-ethyl adjacent to an activating group) is 3. The van der Waals surface area contributed by atoms with E-state index in [1.54, 1.807) is 25.7 Å². The summed E-state index contributed by atoms with van der Waals surface area (Å²) in [6.07, 6.45) is 0. The van der Waals surface area contributed by atoms with Gasteiger partial charge >= 0.3 is 0 Å². The van der Waals surface area contributed by atoms with E-state index in [1.807, 2.05) is 20.8 Å². The summed E-state index contributed by atoms with van der Waals surface area (Å²) in [4.78, 5) is 38.1. The number of nitrogens with zero attached hydrogens (tertiary/aromatic N) is 1. The number of carbonyl (C=O) groups excluding carboxylic acids is 3. The van der Waals surface area contributed by atoms with Crippen molar-refractivity contribution in [1.29, 1.82) is 0 Å². The Hall–Kier alpha value is -1.63. The van der Waals surface area contributed by atoms with E-state index in [2.05, 4.69) is 16.0 Å². The van der Waals surface area contributed by atoms with Gasteiger partial charge in [-0.05, 0) is 41.5 Å². The highest BCUT2D eigenvalue weighted by atomic mass is 16.2. The summed E-state index contributed by atoms with van der Waals surface area (Å²) in [5.41, 5.74) is 0. The van der Waals surface area contributed by atoms with Crippen LogP contribution in [0.25, 0.3) is 0 Å². The van der Waals surface area contributed by atoms with Crippen LogP contribution in [0.2, 0.25) is 0 Å². The maximum atomic E-state index is 12.1. The van der Waals surface area contributed by atoms with Gasteiger partial charge in [-0.25, -0.2) is 0 Å². The highest BCUT2D eigenvalue weighted by Gasteiger charge is 2.35. The standard InChI is InChI=1S/C15H30N4O3/c1-7-16-13(20)10(4)19(11(5)14(21)17-8-2)12(6)15(22)18-9-3/h10-12H,7-9H2,1-6H3,(H,16,20)(H,17,21)(H,18,22). The van der Waals surface area contributed by atoms with Crippen LogP contribution in [0, 0.1) is 0 Å². The Balaban J connectivity index is 5.33. The molecule has 0 fully saturated rings. The average Bonchev–Trinajstić information content (AvgIpc) is 2.47. The highest BCUT2D eigenvalue weighted by Crippen LogP contribution is 2.12. The van der Waals surface area contributed by atoms with Gasteiger partial charge in [0.2, 0.25) is 17.7 Å². The zero-order valence-electron chi connectivity index (χ0n) is 14.5. The Morgan fingerprint density at radius 2 is 0.909 bits per heavy atom. The van der Waals surface area contributed by atoms with Crippen molar-refractivity contribution in [1.82, 2.24) is 20.9 Å². The first-order chi connectivity index (χ1) is 10.3. The van der Waals surface area contributed by atoms with Crippen molar-refractivity contribution in [2.24, 2.45) is 0 Å². The summed E-state index contributed by atoms with van der Waals surface area (Å²) >= 11 is 0. The molecule has 0 aliphatic carbocycles. The fourth-order valence-electron chi connectivity index (χ4n) is 2.38. The van der Waals surface area contributed by atoms with Gasteiger partial charge in [0.25, 0.3) is 0 Å². The number of carbonyl (C=O) groups is 3. The lowest BCUT2D eigenvalue weighted by Gasteiger charge is -2.36. The van der Waals surface area contributed by atoms with Crippen molar-refractivity contribution in [3.05, 3.63) is 0 Å². The minimum Gasteiger partial charge on any atom is -0.355 e. The Bertz CT molecular complexity index is 330. The summed E-state index contributed by atoms with van der Waals surface area (Å²) in [5, 5.41) is 8.20. The molecule has 3 unspecified atom stereocenters. The molecule has 0 bridgehead atoms. The smallest absolute Gasteiger partial charge is 0.237 e. The molecule has 3 N–H and O–H groups in total. The van der Waals surface area contributed by atoms with E-state index in [1.165, 1.54) is 0 Å². The molecule has 7 nitrogen and oxygen atoms in total. The largest absolute Gasteiger partial charge is 0.355 e. The minimum absolute atomic E-state index is 0.199. The SMILES string of the molecule is CCNC(=O)C(C)N(C(C)C(=O)NCC)C(C)C(=O)NCC. The molecule has 0 aromatic carbocycles. The van der Waals surface area contributed by atoms with Gasteiger partial charge in [0.1, 0.15) is 0 Å². The summed E-state index contributed by atoms with van der Waals surface area (Å²) < 4.78 is 0. The third-order valence-electron chi connectivity index (χ3n) is 3.53. The van der Waals surface area contributed by atoms with E-state index < -0.39 is 18.1 Å². The number of hydrogen-bond donors (Lipinski definition) is 3. The van der Waals surface area contributed by atoms with Crippen LogP contribution in [-0.2, 0) is 14.4 Å². The van der Waals surface area contributed by atoms with Gasteiger partial charge in [-0.3, -0.25) is 19.3 Å². The van der Waals surface area contributed by atoms with Crippen LogP contribution in [0.1, 0.15) is 41.5 Å². The molecule has 3 atom stereocenters.